The number of nitrogens with one attached hydrogen (secondary N) is 1. The monoisotopic (exact) mass is 211 g/mol. The van der Waals surface area contributed by atoms with Crippen LogP contribution in [0.15, 0.2) is 17.1 Å². The minimum Gasteiger partial charge on any atom is -0.283 e. The van der Waals surface area contributed by atoms with Crippen molar-refractivity contribution in [2.45, 2.75) is 0 Å². The minimum absolute atomic E-state index is 0.302. The molecule has 0 amide bonds. The van der Waals surface area contributed by atoms with Crippen LogP contribution in [-0.4, -0.2) is 24.6 Å². The van der Waals surface area contributed by atoms with Gasteiger partial charge in [-0.05, 0) is 12.2 Å². The van der Waals surface area contributed by atoms with Crippen LogP contribution in [0.2, 0.25) is 0 Å². The second kappa shape index (κ2) is 2.35. The number of imidazole rings is 1. The summed E-state index contributed by atoms with van der Waals surface area (Å²) in [6.07, 6.45) is 7.27. The van der Waals surface area contributed by atoms with Gasteiger partial charge in [0.15, 0.2) is 5.65 Å². The van der Waals surface area contributed by atoms with E-state index in [0.29, 0.717) is 16.8 Å². The molecule has 0 saturated carbocycles. The van der Waals surface area contributed by atoms with Gasteiger partial charge in [-0.15, -0.1) is 0 Å². The molecule has 3 aromatic rings. The van der Waals surface area contributed by atoms with E-state index in [1.54, 1.807) is 10.6 Å². The van der Waals surface area contributed by atoms with Gasteiger partial charge in [-0.25, -0.2) is 4.98 Å². The summed E-state index contributed by atoms with van der Waals surface area (Å²) in [5.41, 5.74) is 1.09. The van der Waals surface area contributed by atoms with E-state index < -0.39 is 0 Å². The molecule has 0 radical (unpaired) electrons. The maximum atomic E-state index is 11.6. The van der Waals surface area contributed by atoms with Crippen LogP contribution in [-0.2, 0) is 0 Å². The summed E-state index contributed by atoms with van der Waals surface area (Å²) in [6, 6.07) is 0. The number of fused-ring (bicyclic) bond motifs is 5. The number of hydrogen-bond donors (Lipinski definition) is 1. The fourth-order valence-electron chi connectivity index (χ4n) is 2.00. The van der Waals surface area contributed by atoms with Gasteiger partial charge >= 0.3 is 0 Å². The highest BCUT2D eigenvalue weighted by Gasteiger charge is 2.14. The minimum atomic E-state index is -0.302. The molecule has 76 valence electrons. The summed E-state index contributed by atoms with van der Waals surface area (Å²) >= 11 is 0. The van der Waals surface area contributed by atoms with Crippen LogP contribution < -0.4 is 10.9 Å². The molecule has 0 unspecified atom stereocenters. The number of aromatic nitrogens is 5. The number of H-pyrrole nitrogens is 1. The molecule has 0 fully saturated rings. The molecule has 1 aliphatic carbocycles. The van der Waals surface area contributed by atoms with Crippen molar-refractivity contribution in [3.05, 3.63) is 33.7 Å². The molecule has 6 heteroatoms. The summed E-state index contributed by atoms with van der Waals surface area (Å²) in [7, 11) is 0. The number of rotatable bonds is 0. The maximum absolute atomic E-state index is 11.6. The predicted molar refractivity (Wildman–Crippen MR) is 57.6 cm³/mol. The van der Waals surface area contributed by atoms with Gasteiger partial charge in [0.25, 0.3) is 5.56 Å². The normalized spacial score (nSPS) is 13.5. The molecule has 3 heterocycles. The zero-order chi connectivity index (χ0) is 10.7. The van der Waals surface area contributed by atoms with Crippen molar-refractivity contribution in [1.29, 1.82) is 0 Å². The zero-order valence-corrected chi connectivity index (χ0v) is 8.01. The summed E-state index contributed by atoms with van der Waals surface area (Å²) in [5.74, 6) is 0.398. The SMILES string of the molecule is O=c1nc2nc3c(n2c2n[nH]cc12)=CC=C3. The quantitative estimate of drug-likeness (QED) is 0.543. The second-order valence-electron chi connectivity index (χ2n) is 3.58. The van der Waals surface area contributed by atoms with Gasteiger partial charge in [-0.2, -0.15) is 10.1 Å². The van der Waals surface area contributed by atoms with E-state index in [1.807, 2.05) is 18.2 Å². The summed E-state index contributed by atoms with van der Waals surface area (Å²) in [4.78, 5) is 19.8. The van der Waals surface area contributed by atoms with E-state index in [4.69, 9.17) is 0 Å². The lowest BCUT2D eigenvalue weighted by Gasteiger charge is -1.92. The fourth-order valence-corrected chi connectivity index (χ4v) is 2.00. The summed E-state index contributed by atoms with van der Waals surface area (Å²) < 4.78 is 1.78. The third-order valence-electron chi connectivity index (χ3n) is 2.70. The lowest BCUT2D eigenvalue weighted by atomic mass is 10.4. The number of aromatic amines is 1. The Morgan fingerprint density at radius 1 is 1.31 bits per heavy atom. The van der Waals surface area contributed by atoms with Crippen LogP contribution in [0.25, 0.3) is 29.0 Å². The van der Waals surface area contributed by atoms with Crippen molar-refractivity contribution in [3.63, 3.8) is 0 Å². The van der Waals surface area contributed by atoms with Crippen molar-refractivity contribution in [3.8, 4) is 0 Å². The molecule has 1 aliphatic rings. The largest absolute Gasteiger partial charge is 0.285 e. The van der Waals surface area contributed by atoms with Crippen LogP contribution in [0.1, 0.15) is 5.69 Å². The van der Waals surface area contributed by atoms with Crippen molar-refractivity contribution >= 4 is 29.0 Å². The molecule has 16 heavy (non-hydrogen) atoms. The lowest BCUT2D eigenvalue weighted by molar-refractivity contribution is 1.04. The zero-order valence-electron chi connectivity index (χ0n) is 8.01. The Hall–Kier alpha value is -2.50. The molecule has 6 nitrogen and oxygen atoms in total. The maximum Gasteiger partial charge on any atom is 0.285 e. The summed E-state index contributed by atoms with van der Waals surface area (Å²) in [5, 5.41) is 8.14. The van der Waals surface area contributed by atoms with Gasteiger partial charge < -0.3 is 0 Å². The van der Waals surface area contributed by atoms with Crippen LogP contribution >= 0.6 is 0 Å². The van der Waals surface area contributed by atoms with Gasteiger partial charge in [0.05, 0.1) is 11.0 Å². The smallest absolute Gasteiger partial charge is 0.283 e. The average Bonchev–Trinajstić information content (AvgIpc) is 2.87. The lowest BCUT2D eigenvalue weighted by Crippen LogP contribution is -2.15. The molecule has 0 atom stereocenters. The molecule has 0 spiro atoms. The first-order valence-corrected chi connectivity index (χ1v) is 4.79. The van der Waals surface area contributed by atoms with Gasteiger partial charge in [0.1, 0.15) is 5.39 Å². The fraction of sp³-hybridized carbons (Fsp3) is 0. The first kappa shape index (κ1) is 7.75. The Morgan fingerprint density at radius 3 is 3.19 bits per heavy atom. The number of nitrogens with zero attached hydrogens (tertiary/aromatic N) is 4. The second-order valence-corrected chi connectivity index (χ2v) is 3.58. The molecule has 1 N–H and O–H groups in total. The third kappa shape index (κ3) is 0.736. The first-order valence-electron chi connectivity index (χ1n) is 4.79. The summed E-state index contributed by atoms with van der Waals surface area (Å²) in [6.45, 7) is 0. The topological polar surface area (TPSA) is 75.9 Å². The molecule has 4 rings (SSSR count). The predicted octanol–water partition coefficient (Wildman–Crippen LogP) is -0.508. The van der Waals surface area contributed by atoms with Gasteiger partial charge in [-0.3, -0.25) is 14.3 Å². The molecule has 0 aliphatic heterocycles. The molecule has 0 saturated heterocycles. The van der Waals surface area contributed by atoms with E-state index in [2.05, 4.69) is 20.2 Å². The third-order valence-corrected chi connectivity index (χ3v) is 2.70. The molecule has 3 aromatic heterocycles. The Balaban J connectivity index is 2.46. The highest BCUT2D eigenvalue weighted by molar-refractivity contribution is 5.77. The highest BCUT2D eigenvalue weighted by Crippen LogP contribution is 2.08. The molecule has 0 aromatic carbocycles. The van der Waals surface area contributed by atoms with Crippen molar-refractivity contribution < 1.29 is 0 Å². The Labute approximate surface area is 87.9 Å². The average molecular weight is 211 g/mol. The molecule has 0 bridgehead atoms. The Bertz CT molecular complexity index is 870. The molecular weight excluding hydrogens is 206 g/mol. The number of allylic oxidation sites excluding steroid dienone is 1. The van der Waals surface area contributed by atoms with Crippen molar-refractivity contribution in [2.24, 2.45) is 0 Å². The molecular formula is C10H5N5O. The first-order chi connectivity index (χ1) is 7.84. The van der Waals surface area contributed by atoms with Crippen LogP contribution in [0.5, 0.6) is 0 Å². The van der Waals surface area contributed by atoms with E-state index in [0.717, 1.165) is 11.0 Å². The van der Waals surface area contributed by atoms with Crippen molar-refractivity contribution in [1.82, 2.24) is 24.6 Å². The van der Waals surface area contributed by atoms with Crippen LogP contribution in [0.4, 0.5) is 0 Å². The van der Waals surface area contributed by atoms with E-state index in [9.17, 15) is 4.79 Å². The Kier molecular flexibility index (Phi) is 1.14. The van der Waals surface area contributed by atoms with Crippen LogP contribution in [0, 0.1) is 0 Å². The van der Waals surface area contributed by atoms with Gasteiger partial charge in [-0.1, -0.05) is 6.08 Å². The van der Waals surface area contributed by atoms with Gasteiger partial charge in [0.2, 0.25) is 5.78 Å². The van der Waals surface area contributed by atoms with Gasteiger partial charge in [0, 0.05) is 6.20 Å². The Morgan fingerprint density at radius 2 is 2.25 bits per heavy atom. The standard InChI is InChI=1S/C10H5N5O/c16-9-5-4-11-14-8(5)15-7-3-1-2-6(7)12-10(15)13-9/h1-4H,(H,11,14). The van der Waals surface area contributed by atoms with E-state index >= 15 is 0 Å². The van der Waals surface area contributed by atoms with Crippen LogP contribution in [0.3, 0.4) is 0 Å². The van der Waals surface area contributed by atoms with E-state index in [1.165, 1.54) is 0 Å². The van der Waals surface area contributed by atoms with E-state index in [-0.39, 0.29) is 5.56 Å². The highest BCUT2D eigenvalue weighted by atomic mass is 16.1. The van der Waals surface area contributed by atoms with Crippen molar-refractivity contribution in [2.75, 3.05) is 0 Å². The number of hydrogen-bond acceptors (Lipinski definition) is 4.